The molecule has 19 heavy (non-hydrogen) atoms. The molecule has 3 fully saturated rings. The standard InChI is InChI=1S/C12H16FN3O3/c1-5-6(2)19-11(18-5)3-10(16,4-14)7-8(11)12(7,13)9(15)17/h5-8H,3,16H2,1-2H3,(H2,15,17)/t5-,6-,7+,8-,10+,12-/m0/s1. The minimum atomic E-state index is -2.31. The van der Waals surface area contributed by atoms with E-state index in [1.165, 1.54) is 0 Å². The Hall–Kier alpha value is -1.23. The smallest absolute Gasteiger partial charge is 0.256 e. The van der Waals surface area contributed by atoms with Crippen LogP contribution in [0.2, 0.25) is 0 Å². The summed E-state index contributed by atoms with van der Waals surface area (Å²) in [6.07, 6.45) is -0.446. The summed E-state index contributed by atoms with van der Waals surface area (Å²) in [4.78, 5) is 11.4. The zero-order valence-corrected chi connectivity index (χ0v) is 10.7. The SMILES string of the molecule is C[C@@H]1OC2(C[C@@](N)(C#N)[C@H]3[C@@H]2[C@]3(F)C(N)=O)O[C@H]1C. The summed E-state index contributed by atoms with van der Waals surface area (Å²) in [6, 6.07) is 1.89. The maximum absolute atomic E-state index is 14.7. The van der Waals surface area contributed by atoms with Gasteiger partial charge < -0.3 is 20.9 Å². The summed E-state index contributed by atoms with van der Waals surface area (Å²) in [5, 5.41) is 9.21. The zero-order chi connectivity index (χ0) is 14.2. The molecule has 0 aromatic heterocycles. The lowest BCUT2D eigenvalue weighted by atomic mass is 9.90. The molecule has 2 aliphatic carbocycles. The summed E-state index contributed by atoms with van der Waals surface area (Å²) in [6.45, 7) is 3.59. The summed E-state index contributed by atoms with van der Waals surface area (Å²) >= 11 is 0. The lowest BCUT2D eigenvalue weighted by molar-refractivity contribution is -0.196. The number of hydrogen-bond acceptors (Lipinski definition) is 5. The largest absolute Gasteiger partial charge is 0.367 e. The highest BCUT2D eigenvalue weighted by atomic mass is 19.1. The predicted molar refractivity (Wildman–Crippen MR) is 61.0 cm³/mol. The molecule has 1 saturated heterocycles. The van der Waals surface area contributed by atoms with Crippen LogP contribution >= 0.6 is 0 Å². The number of fused-ring (bicyclic) bond motifs is 2. The minimum Gasteiger partial charge on any atom is -0.367 e. The van der Waals surface area contributed by atoms with Crippen molar-refractivity contribution in [1.29, 1.82) is 5.26 Å². The Labute approximate surface area is 109 Å². The molecule has 3 aliphatic rings. The van der Waals surface area contributed by atoms with Crippen molar-refractivity contribution in [3.63, 3.8) is 0 Å². The first-order valence-electron chi connectivity index (χ1n) is 6.26. The van der Waals surface area contributed by atoms with Crippen LogP contribution in [0.4, 0.5) is 4.39 Å². The number of nitrogens with two attached hydrogens (primary N) is 2. The third-order valence-electron chi connectivity index (χ3n) is 4.71. The summed E-state index contributed by atoms with van der Waals surface area (Å²) in [5.74, 6) is -4.27. The summed E-state index contributed by atoms with van der Waals surface area (Å²) < 4.78 is 26.1. The number of nitriles is 1. The van der Waals surface area contributed by atoms with E-state index in [0.717, 1.165) is 0 Å². The Balaban J connectivity index is 2.03. The first kappa shape index (κ1) is 12.8. The van der Waals surface area contributed by atoms with Crippen LogP contribution in [0.3, 0.4) is 0 Å². The van der Waals surface area contributed by atoms with Crippen molar-refractivity contribution in [2.24, 2.45) is 23.3 Å². The second-order valence-electron chi connectivity index (χ2n) is 5.87. The van der Waals surface area contributed by atoms with E-state index in [1.54, 1.807) is 13.8 Å². The van der Waals surface area contributed by atoms with Gasteiger partial charge in [-0.2, -0.15) is 5.26 Å². The van der Waals surface area contributed by atoms with Gasteiger partial charge in [0, 0.05) is 12.3 Å². The van der Waals surface area contributed by atoms with Crippen LogP contribution in [0.5, 0.6) is 0 Å². The van der Waals surface area contributed by atoms with Gasteiger partial charge in [-0.1, -0.05) is 0 Å². The van der Waals surface area contributed by atoms with Gasteiger partial charge in [0.2, 0.25) is 5.67 Å². The van der Waals surface area contributed by atoms with Gasteiger partial charge in [-0.15, -0.1) is 0 Å². The first-order valence-corrected chi connectivity index (χ1v) is 6.26. The Morgan fingerprint density at radius 2 is 1.89 bits per heavy atom. The number of ether oxygens (including phenoxy) is 2. The van der Waals surface area contributed by atoms with Crippen molar-refractivity contribution in [2.45, 2.75) is 49.5 Å². The summed E-state index contributed by atoms with van der Waals surface area (Å²) in [7, 11) is 0. The molecule has 0 radical (unpaired) electrons. The van der Waals surface area contributed by atoms with E-state index >= 15 is 0 Å². The highest BCUT2D eigenvalue weighted by Crippen LogP contribution is 2.72. The van der Waals surface area contributed by atoms with Crippen LogP contribution in [0.15, 0.2) is 0 Å². The number of alkyl halides is 1. The van der Waals surface area contributed by atoms with Gasteiger partial charge in [0.05, 0.1) is 24.2 Å². The molecule has 7 heteroatoms. The third-order valence-corrected chi connectivity index (χ3v) is 4.71. The van der Waals surface area contributed by atoms with E-state index < -0.39 is 34.7 Å². The fraction of sp³-hybridized carbons (Fsp3) is 0.833. The Morgan fingerprint density at radius 1 is 1.37 bits per heavy atom. The second-order valence-corrected chi connectivity index (χ2v) is 5.87. The highest BCUT2D eigenvalue weighted by molar-refractivity contribution is 5.89. The fourth-order valence-electron chi connectivity index (χ4n) is 3.73. The van der Waals surface area contributed by atoms with Crippen molar-refractivity contribution in [3.8, 4) is 6.07 Å². The van der Waals surface area contributed by atoms with Crippen LogP contribution in [-0.4, -0.2) is 35.1 Å². The molecule has 4 N–H and O–H groups in total. The molecule has 2 saturated carbocycles. The Bertz CT molecular complexity index is 497. The van der Waals surface area contributed by atoms with Crippen LogP contribution in [-0.2, 0) is 14.3 Å². The number of halogens is 1. The molecular formula is C12H16FN3O3. The van der Waals surface area contributed by atoms with Crippen molar-refractivity contribution in [1.82, 2.24) is 0 Å². The van der Waals surface area contributed by atoms with Crippen molar-refractivity contribution in [3.05, 3.63) is 0 Å². The normalized spacial score (nSPS) is 53.8. The molecule has 1 amide bonds. The average Bonchev–Trinajstić information content (AvgIpc) is 2.78. The maximum atomic E-state index is 14.7. The van der Waals surface area contributed by atoms with E-state index in [0.29, 0.717) is 0 Å². The monoisotopic (exact) mass is 269 g/mol. The quantitative estimate of drug-likeness (QED) is 0.671. The maximum Gasteiger partial charge on any atom is 0.256 e. The van der Waals surface area contributed by atoms with Crippen LogP contribution in [0, 0.1) is 23.2 Å². The van der Waals surface area contributed by atoms with Gasteiger partial charge in [0.15, 0.2) is 5.79 Å². The van der Waals surface area contributed by atoms with Crippen LogP contribution < -0.4 is 11.5 Å². The molecule has 3 rings (SSSR count). The van der Waals surface area contributed by atoms with Gasteiger partial charge in [0.1, 0.15) is 5.54 Å². The number of carbonyl (C=O) groups excluding carboxylic acids is 1. The van der Waals surface area contributed by atoms with Gasteiger partial charge in [-0.05, 0) is 13.8 Å². The van der Waals surface area contributed by atoms with Crippen LogP contribution in [0.25, 0.3) is 0 Å². The fourth-order valence-corrected chi connectivity index (χ4v) is 3.73. The number of primary amides is 1. The number of carbonyl (C=O) groups is 1. The van der Waals surface area contributed by atoms with E-state index in [9.17, 15) is 14.4 Å². The lowest BCUT2D eigenvalue weighted by Gasteiger charge is -2.31. The first-order chi connectivity index (χ1) is 8.71. The molecule has 0 aromatic carbocycles. The van der Waals surface area contributed by atoms with Gasteiger partial charge in [0.25, 0.3) is 5.91 Å². The average molecular weight is 269 g/mol. The Morgan fingerprint density at radius 3 is 2.32 bits per heavy atom. The number of hydrogen-bond donors (Lipinski definition) is 2. The topological polar surface area (TPSA) is 111 Å². The minimum absolute atomic E-state index is 0.0550. The predicted octanol–water partition coefficient (Wildman–Crippen LogP) is -0.429. The van der Waals surface area contributed by atoms with E-state index in [4.69, 9.17) is 20.9 Å². The highest BCUT2D eigenvalue weighted by Gasteiger charge is 2.89. The van der Waals surface area contributed by atoms with Crippen molar-refractivity contribution < 1.29 is 18.7 Å². The molecule has 1 heterocycles. The molecule has 6 nitrogen and oxygen atoms in total. The van der Waals surface area contributed by atoms with E-state index in [-0.39, 0.29) is 18.6 Å². The lowest BCUT2D eigenvalue weighted by Crippen LogP contribution is -2.51. The Kier molecular flexibility index (Phi) is 2.19. The molecule has 0 unspecified atom stereocenters. The number of amides is 1. The molecule has 0 aromatic rings. The zero-order valence-electron chi connectivity index (χ0n) is 10.7. The number of nitrogens with zero attached hydrogens (tertiary/aromatic N) is 1. The number of rotatable bonds is 1. The van der Waals surface area contributed by atoms with Crippen molar-refractivity contribution >= 4 is 5.91 Å². The molecule has 1 aliphatic heterocycles. The summed E-state index contributed by atoms with van der Waals surface area (Å²) in [5.41, 5.74) is 7.26. The van der Waals surface area contributed by atoms with E-state index in [2.05, 4.69) is 0 Å². The molecule has 0 bridgehead atoms. The molecule has 1 spiro atoms. The van der Waals surface area contributed by atoms with Gasteiger partial charge in [-0.3, -0.25) is 4.79 Å². The third kappa shape index (κ3) is 1.27. The van der Waals surface area contributed by atoms with Gasteiger partial charge >= 0.3 is 0 Å². The van der Waals surface area contributed by atoms with Crippen LogP contribution in [0.1, 0.15) is 20.3 Å². The second kappa shape index (κ2) is 3.26. The molecule has 104 valence electrons. The van der Waals surface area contributed by atoms with Crippen molar-refractivity contribution in [2.75, 3.05) is 0 Å². The van der Waals surface area contributed by atoms with Gasteiger partial charge in [-0.25, -0.2) is 4.39 Å². The molecule has 6 atom stereocenters. The van der Waals surface area contributed by atoms with E-state index in [1.807, 2.05) is 6.07 Å². The molecular weight excluding hydrogens is 253 g/mol.